The van der Waals surface area contributed by atoms with Gasteiger partial charge in [0.05, 0.1) is 49.5 Å². The second-order valence-electron chi connectivity index (χ2n) is 6.82. The summed E-state index contributed by atoms with van der Waals surface area (Å²) < 4.78 is 31.6. The van der Waals surface area contributed by atoms with Crippen LogP contribution in [0.5, 0.6) is 11.5 Å². The van der Waals surface area contributed by atoms with E-state index in [2.05, 4.69) is 20.4 Å². The maximum absolute atomic E-state index is 14.4. The zero-order chi connectivity index (χ0) is 23.4. The molecule has 0 amide bonds. The van der Waals surface area contributed by atoms with E-state index in [1.807, 2.05) is 6.92 Å². The van der Waals surface area contributed by atoms with E-state index in [1.54, 1.807) is 29.1 Å². The number of anilines is 1. The first-order chi connectivity index (χ1) is 16.0. The van der Waals surface area contributed by atoms with Crippen molar-refractivity contribution in [1.29, 1.82) is 0 Å². The minimum absolute atomic E-state index is 0.364. The van der Waals surface area contributed by atoms with E-state index in [0.717, 1.165) is 4.88 Å². The molecule has 1 aromatic carbocycles. The lowest BCUT2D eigenvalue weighted by atomic mass is 10.2. The van der Waals surface area contributed by atoms with Crippen LogP contribution in [0.4, 0.5) is 10.2 Å². The highest BCUT2D eigenvalue weighted by molar-refractivity contribution is 7.17. The number of thiophene rings is 1. The minimum atomic E-state index is -0.461. The Kier molecular flexibility index (Phi) is 6.68. The number of esters is 1. The molecule has 0 aliphatic carbocycles. The predicted octanol–water partition coefficient (Wildman–Crippen LogP) is 4.00. The quantitative estimate of drug-likeness (QED) is 0.366. The molecule has 0 unspecified atom stereocenters. The third-order valence-electron chi connectivity index (χ3n) is 4.85. The lowest BCUT2D eigenvalue weighted by molar-refractivity contribution is 0.0602. The predicted molar refractivity (Wildman–Crippen MR) is 123 cm³/mol. The second-order valence-corrected chi connectivity index (χ2v) is 7.88. The number of benzene rings is 1. The van der Waals surface area contributed by atoms with Crippen LogP contribution >= 0.6 is 11.3 Å². The number of fused-ring (bicyclic) bond motifs is 1. The van der Waals surface area contributed by atoms with Gasteiger partial charge >= 0.3 is 5.97 Å². The molecule has 0 bridgehead atoms. The van der Waals surface area contributed by atoms with Crippen molar-refractivity contribution < 1.29 is 23.4 Å². The van der Waals surface area contributed by atoms with Crippen molar-refractivity contribution >= 4 is 34.0 Å². The summed E-state index contributed by atoms with van der Waals surface area (Å²) >= 11 is 1.24. The molecule has 0 saturated carbocycles. The van der Waals surface area contributed by atoms with Crippen molar-refractivity contribution in [3.05, 3.63) is 47.5 Å². The van der Waals surface area contributed by atoms with E-state index in [9.17, 15) is 9.18 Å². The summed E-state index contributed by atoms with van der Waals surface area (Å²) in [7, 11) is 2.87. The summed E-state index contributed by atoms with van der Waals surface area (Å²) in [5, 5.41) is 8.10. The Morgan fingerprint density at radius 2 is 2.06 bits per heavy atom. The number of carbonyl (C=O) groups is 1. The molecule has 0 aliphatic heterocycles. The molecule has 3 heterocycles. The van der Waals surface area contributed by atoms with Gasteiger partial charge in [-0.3, -0.25) is 4.68 Å². The monoisotopic (exact) mass is 471 g/mol. The lowest BCUT2D eigenvalue weighted by Crippen LogP contribution is -2.13. The van der Waals surface area contributed by atoms with Crippen molar-refractivity contribution in [1.82, 2.24) is 19.7 Å². The second kappa shape index (κ2) is 9.82. The third kappa shape index (κ3) is 4.58. The van der Waals surface area contributed by atoms with Crippen LogP contribution in [0, 0.1) is 5.82 Å². The van der Waals surface area contributed by atoms with Crippen LogP contribution in [0.1, 0.15) is 16.6 Å². The SMILES string of the molecule is CCOc1cc(-c2cc(NCCn3ncc4c(OC)ccc(F)c43)ncn2)sc1C(=O)OC. The molecule has 4 aromatic rings. The zero-order valence-corrected chi connectivity index (χ0v) is 19.1. The number of nitrogens with one attached hydrogen (secondary N) is 1. The molecular formula is C22H22FN5O4S. The number of halogens is 1. The van der Waals surface area contributed by atoms with Gasteiger partial charge in [-0.2, -0.15) is 5.10 Å². The van der Waals surface area contributed by atoms with E-state index in [4.69, 9.17) is 14.2 Å². The smallest absolute Gasteiger partial charge is 0.351 e. The number of ether oxygens (including phenoxy) is 3. The molecule has 0 fully saturated rings. The summed E-state index contributed by atoms with van der Waals surface area (Å²) in [6, 6.07) is 6.48. The summed E-state index contributed by atoms with van der Waals surface area (Å²) in [6.45, 7) is 3.13. The van der Waals surface area contributed by atoms with E-state index in [0.29, 0.717) is 58.5 Å². The Bertz CT molecular complexity index is 1290. The van der Waals surface area contributed by atoms with Crippen LogP contribution in [-0.2, 0) is 11.3 Å². The van der Waals surface area contributed by atoms with Gasteiger partial charge < -0.3 is 19.5 Å². The zero-order valence-electron chi connectivity index (χ0n) is 18.3. The van der Waals surface area contributed by atoms with Gasteiger partial charge in [0.2, 0.25) is 0 Å². The van der Waals surface area contributed by atoms with Crippen molar-refractivity contribution in [3.8, 4) is 22.1 Å². The molecule has 3 aromatic heterocycles. The number of nitrogens with zero attached hydrogens (tertiary/aromatic N) is 4. The van der Waals surface area contributed by atoms with Crippen LogP contribution in [0.3, 0.4) is 0 Å². The van der Waals surface area contributed by atoms with E-state index >= 15 is 0 Å². The molecule has 4 rings (SSSR count). The Hall–Kier alpha value is -3.73. The van der Waals surface area contributed by atoms with Gasteiger partial charge in [0.1, 0.15) is 35.0 Å². The molecule has 0 spiro atoms. The van der Waals surface area contributed by atoms with Gasteiger partial charge in [0.25, 0.3) is 0 Å². The third-order valence-corrected chi connectivity index (χ3v) is 5.97. The molecule has 11 heteroatoms. The molecule has 33 heavy (non-hydrogen) atoms. The highest BCUT2D eigenvalue weighted by atomic mass is 32.1. The molecule has 1 N–H and O–H groups in total. The minimum Gasteiger partial charge on any atom is -0.496 e. The maximum atomic E-state index is 14.4. The molecular weight excluding hydrogens is 449 g/mol. The average molecular weight is 472 g/mol. The fourth-order valence-electron chi connectivity index (χ4n) is 3.36. The van der Waals surface area contributed by atoms with Crippen LogP contribution in [0.25, 0.3) is 21.5 Å². The number of hydrogen-bond donors (Lipinski definition) is 1. The first-order valence-electron chi connectivity index (χ1n) is 10.1. The molecule has 172 valence electrons. The van der Waals surface area contributed by atoms with Gasteiger partial charge in [-0.05, 0) is 19.1 Å². The van der Waals surface area contributed by atoms with Gasteiger partial charge in [0, 0.05) is 18.7 Å². The van der Waals surface area contributed by atoms with Crippen molar-refractivity contribution in [2.45, 2.75) is 13.5 Å². The number of rotatable bonds is 9. The Labute approximate surface area is 193 Å². The van der Waals surface area contributed by atoms with E-state index < -0.39 is 5.97 Å². The number of methoxy groups -OCH3 is 2. The number of aromatic nitrogens is 4. The lowest BCUT2D eigenvalue weighted by Gasteiger charge is -2.08. The largest absolute Gasteiger partial charge is 0.496 e. The molecule has 0 radical (unpaired) electrons. The average Bonchev–Trinajstić information content (AvgIpc) is 3.45. The fraction of sp³-hybridized carbons (Fsp3) is 0.273. The summed E-state index contributed by atoms with van der Waals surface area (Å²) in [6.07, 6.45) is 3.02. The van der Waals surface area contributed by atoms with Crippen LogP contribution < -0.4 is 14.8 Å². The topological polar surface area (TPSA) is 100 Å². The first kappa shape index (κ1) is 22.5. The fourth-order valence-corrected chi connectivity index (χ4v) is 4.35. The first-order valence-corrected chi connectivity index (χ1v) is 11.0. The number of carbonyl (C=O) groups excluding carboxylic acids is 1. The van der Waals surface area contributed by atoms with Gasteiger partial charge in [-0.15, -0.1) is 11.3 Å². The highest BCUT2D eigenvalue weighted by Gasteiger charge is 2.20. The highest BCUT2D eigenvalue weighted by Crippen LogP contribution is 2.36. The van der Waals surface area contributed by atoms with Gasteiger partial charge in [0.15, 0.2) is 4.88 Å². The Morgan fingerprint density at radius 1 is 1.21 bits per heavy atom. The Balaban J connectivity index is 1.50. The summed E-state index contributed by atoms with van der Waals surface area (Å²) in [5.74, 6) is 0.787. The van der Waals surface area contributed by atoms with Crippen molar-refractivity contribution in [2.24, 2.45) is 0 Å². The maximum Gasteiger partial charge on any atom is 0.351 e. The normalized spacial score (nSPS) is 10.9. The molecule has 0 aliphatic rings. The van der Waals surface area contributed by atoms with E-state index in [1.165, 1.54) is 38.0 Å². The van der Waals surface area contributed by atoms with Crippen LogP contribution in [0.2, 0.25) is 0 Å². The Morgan fingerprint density at radius 3 is 2.82 bits per heavy atom. The molecule has 0 atom stereocenters. The molecule has 0 saturated heterocycles. The van der Waals surface area contributed by atoms with Crippen molar-refractivity contribution in [3.63, 3.8) is 0 Å². The van der Waals surface area contributed by atoms with Crippen molar-refractivity contribution in [2.75, 3.05) is 32.7 Å². The van der Waals surface area contributed by atoms with Crippen LogP contribution in [0.15, 0.2) is 36.8 Å². The van der Waals surface area contributed by atoms with Crippen LogP contribution in [-0.4, -0.2) is 53.1 Å². The summed E-state index contributed by atoms with van der Waals surface area (Å²) in [4.78, 5) is 21.7. The standard InChI is InChI=1S/C22H22FN5O4S/c1-4-32-17-10-18(33-21(17)22(29)31-3)15-9-19(26-12-25-15)24-7-8-28-20-13(11-27-28)16(30-2)6-5-14(20)23/h5-6,9-12H,4,7-8H2,1-3H3,(H,24,25,26). The van der Waals surface area contributed by atoms with Gasteiger partial charge in [-0.25, -0.2) is 19.2 Å². The van der Waals surface area contributed by atoms with Gasteiger partial charge in [-0.1, -0.05) is 0 Å². The molecule has 9 nitrogen and oxygen atoms in total. The number of hydrogen-bond acceptors (Lipinski definition) is 9. The summed E-state index contributed by atoms with van der Waals surface area (Å²) in [5.41, 5.74) is 1.02. The van der Waals surface area contributed by atoms with E-state index in [-0.39, 0.29) is 5.82 Å².